The fraction of sp³-hybridized carbons (Fsp3) is 0.474. The van der Waals surface area contributed by atoms with Crippen LogP contribution in [0.15, 0.2) is 35.3 Å². The molecule has 0 amide bonds. The molecular weight excluding hydrogens is 316 g/mol. The predicted octanol–water partition coefficient (Wildman–Crippen LogP) is 1.61. The Morgan fingerprint density at radius 3 is 2.56 bits per heavy atom. The van der Waals surface area contributed by atoms with Gasteiger partial charge in [0.05, 0.1) is 17.3 Å². The first-order valence-electron chi connectivity index (χ1n) is 8.79. The van der Waals surface area contributed by atoms with Gasteiger partial charge in [0, 0.05) is 44.6 Å². The smallest absolute Gasteiger partial charge is 0.259 e. The van der Waals surface area contributed by atoms with Gasteiger partial charge in [-0.05, 0) is 39.1 Å². The zero-order chi connectivity index (χ0) is 18.0. The highest BCUT2D eigenvalue weighted by atomic mass is 16.3. The van der Waals surface area contributed by atoms with Crippen molar-refractivity contribution < 1.29 is 5.11 Å². The maximum Gasteiger partial charge on any atom is 0.259 e. The largest absolute Gasteiger partial charge is 0.507 e. The average molecular weight is 342 g/mol. The number of rotatable bonds is 4. The molecule has 6 nitrogen and oxygen atoms in total. The number of aromatic nitrogens is 2. The van der Waals surface area contributed by atoms with E-state index >= 15 is 0 Å². The Labute approximate surface area is 148 Å². The van der Waals surface area contributed by atoms with E-state index in [1.165, 1.54) is 0 Å². The molecule has 0 radical (unpaired) electrons. The van der Waals surface area contributed by atoms with E-state index in [4.69, 9.17) is 0 Å². The van der Waals surface area contributed by atoms with Gasteiger partial charge >= 0.3 is 0 Å². The maximum atomic E-state index is 13.1. The van der Waals surface area contributed by atoms with Crippen LogP contribution in [0.4, 0.5) is 0 Å². The molecule has 0 saturated carbocycles. The van der Waals surface area contributed by atoms with Crippen LogP contribution in [0, 0.1) is 6.92 Å². The van der Waals surface area contributed by atoms with Gasteiger partial charge in [-0.2, -0.15) is 0 Å². The average Bonchev–Trinajstić information content (AvgIpc) is 2.60. The van der Waals surface area contributed by atoms with Gasteiger partial charge in [0.15, 0.2) is 0 Å². The zero-order valence-electron chi connectivity index (χ0n) is 15.1. The number of hydrogen-bond donors (Lipinski definition) is 1. The fourth-order valence-corrected chi connectivity index (χ4v) is 3.55. The van der Waals surface area contributed by atoms with Crippen molar-refractivity contribution in [3.8, 4) is 5.75 Å². The summed E-state index contributed by atoms with van der Waals surface area (Å²) in [6, 6.07) is 7.07. The number of aryl methyl sites for hydroxylation is 1. The lowest BCUT2D eigenvalue weighted by atomic mass is 10.00. The lowest BCUT2D eigenvalue weighted by Gasteiger charge is -2.38. The van der Waals surface area contributed by atoms with Crippen LogP contribution in [0.5, 0.6) is 5.75 Å². The van der Waals surface area contributed by atoms with Crippen molar-refractivity contribution in [1.82, 2.24) is 19.4 Å². The van der Waals surface area contributed by atoms with Crippen LogP contribution in [0.3, 0.4) is 0 Å². The van der Waals surface area contributed by atoms with Crippen LogP contribution in [0.2, 0.25) is 0 Å². The Balaban J connectivity index is 2.14. The number of piperazine rings is 1. The molecule has 0 unspecified atom stereocenters. The summed E-state index contributed by atoms with van der Waals surface area (Å²) in [6.45, 7) is 7.89. The number of pyridine rings is 2. The molecule has 1 fully saturated rings. The number of hydrogen-bond acceptors (Lipinski definition) is 5. The van der Waals surface area contributed by atoms with Crippen molar-refractivity contribution in [2.45, 2.75) is 26.4 Å². The maximum absolute atomic E-state index is 13.1. The lowest BCUT2D eigenvalue weighted by Crippen LogP contribution is -2.47. The van der Waals surface area contributed by atoms with E-state index < -0.39 is 0 Å². The molecule has 3 rings (SSSR count). The Hall–Kier alpha value is -2.18. The SMILES string of the molecule is CCn1c(C)cc(O)c([C@@H](c2ccccn2)N2CCN(C)CC2)c1=O. The molecule has 0 bridgehead atoms. The third kappa shape index (κ3) is 3.45. The number of likely N-dealkylation sites (N-methyl/N-ethyl adjacent to an activating group) is 1. The van der Waals surface area contributed by atoms with Gasteiger partial charge in [0.2, 0.25) is 0 Å². The summed E-state index contributed by atoms with van der Waals surface area (Å²) in [5.41, 5.74) is 1.86. The molecular formula is C19H26N4O2. The first kappa shape index (κ1) is 17.6. The summed E-state index contributed by atoms with van der Waals surface area (Å²) < 4.78 is 1.71. The molecule has 0 aliphatic carbocycles. The van der Waals surface area contributed by atoms with Crippen LogP contribution >= 0.6 is 0 Å². The van der Waals surface area contributed by atoms with E-state index in [2.05, 4.69) is 21.8 Å². The summed E-state index contributed by atoms with van der Waals surface area (Å²) in [7, 11) is 2.10. The Morgan fingerprint density at radius 1 is 1.24 bits per heavy atom. The molecule has 3 heterocycles. The van der Waals surface area contributed by atoms with Gasteiger partial charge in [-0.15, -0.1) is 0 Å². The standard InChI is InChI=1S/C19H26N4O2/c1-4-23-14(2)13-16(24)17(19(23)25)18(15-7-5-6-8-20-15)22-11-9-21(3)10-12-22/h5-8,13,18,24H,4,9-12H2,1-3H3/t18-/m1/s1. The van der Waals surface area contributed by atoms with Gasteiger partial charge in [-0.3, -0.25) is 14.7 Å². The first-order chi connectivity index (χ1) is 12.0. The van der Waals surface area contributed by atoms with E-state index in [0.717, 1.165) is 37.6 Å². The second kappa shape index (κ2) is 7.37. The molecule has 134 valence electrons. The second-order valence-electron chi connectivity index (χ2n) is 6.63. The molecule has 25 heavy (non-hydrogen) atoms. The summed E-state index contributed by atoms with van der Waals surface area (Å²) in [4.78, 5) is 22.1. The van der Waals surface area contributed by atoms with Gasteiger partial charge < -0.3 is 14.6 Å². The third-order valence-electron chi connectivity index (χ3n) is 4.98. The highest BCUT2D eigenvalue weighted by molar-refractivity contribution is 5.39. The van der Waals surface area contributed by atoms with E-state index in [9.17, 15) is 9.90 Å². The number of nitrogens with zero attached hydrogens (tertiary/aromatic N) is 4. The van der Waals surface area contributed by atoms with Crippen molar-refractivity contribution in [2.75, 3.05) is 33.2 Å². The normalized spacial score (nSPS) is 17.6. The van der Waals surface area contributed by atoms with Crippen LogP contribution in [0.1, 0.15) is 29.9 Å². The van der Waals surface area contributed by atoms with Crippen molar-refractivity contribution in [3.63, 3.8) is 0 Å². The summed E-state index contributed by atoms with van der Waals surface area (Å²) >= 11 is 0. The molecule has 1 aliphatic rings. The summed E-state index contributed by atoms with van der Waals surface area (Å²) in [5, 5.41) is 10.6. The predicted molar refractivity (Wildman–Crippen MR) is 97.9 cm³/mol. The van der Waals surface area contributed by atoms with Crippen molar-refractivity contribution in [2.24, 2.45) is 0 Å². The molecule has 1 atom stereocenters. The minimum absolute atomic E-state index is 0.0572. The zero-order valence-corrected chi connectivity index (χ0v) is 15.1. The van der Waals surface area contributed by atoms with Gasteiger partial charge in [0.25, 0.3) is 5.56 Å². The van der Waals surface area contributed by atoms with Crippen LogP contribution in [-0.2, 0) is 6.54 Å². The van der Waals surface area contributed by atoms with Crippen molar-refractivity contribution in [1.29, 1.82) is 0 Å². The van der Waals surface area contributed by atoms with Gasteiger partial charge in [-0.1, -0.05) is 6.07 Å². The Morgan fingerprint density at radius 2 is 1.96 bits per heavy atom. The minimum atomic E-state index is -0.333. The highest BCUT2D eigenvalue weighted by Crippen LogP contribution is 2.32. The lowest BCUT2D eigenvalue weighted by molar-refractivity contribution is 0.123. The van der Waals surface area contributed by atoms with Gasteiger partial charge in [-0.25, -0.2) is 0 Å². The van der Waals surface area contributed by atoms with Crippen LogP contribution < -0.4 is 5.56 Å². The first-order valence-corrected chi connectivity index (χ1v) is 8.79. The molecule has 2 aromatic rings. The minimum Gasteiger partial charge on any atom is -0.507 e. The molecule has 1 N–H and O–H groups in total. The van der Waals surface area contributed by atoms with Crippen molar-refractivity contribution >= 4 is 0 Å². The molecule has 2 aromatic heterocycles. The topological polar surface area (TPSA) is 61.6 Å². The van der Waals surface area contributed by atoms with E-state index in [1.54, 1.807) is 16.8 Å². The van der Waals surface area contributed by atoms with E-state index in [-0.39, 0.29) is 17.4 Å². The molecule has 6 heteroatoms. The summed E-state index contributed by atoms with van der Waals surface area (Å²) in [6.07, 6.45) is 1.74. The molecule has 0 spiro atoms. The third-order valence-corrected chi connectivity index (χ3v) is 4.98. The number of aromatic hydroxyl groups is 1. The molecule has 0 aromatic carbocycles. The van der Waals surface area contributed by atoms with Crippen LogP contribution in [-0.4, -0.2) is 57.7 Å². The summed E-state index contributed by atoms with van der Waals surface area (Å²) in [5.74, 6) is 0.0572. The Bertz CT molecular complexity index is 780. The van der Waals surface area contributed by atoms with Crippen molar-refractivity contribution in [3.05, 3.63) is 57.8 Å². The second-order valence-corrected chi connectivity index (χ2v) is 6.63. The highest BCUT2D eigenvalue weighted by Gasteiger charge is 2.31. The van der Waals surface area contributed by atoms with E-state index in [1.807, 2.05) is 32.0 Å². The van der Waals surface area contributed by atoms with E-state index in [0.29, 0.717) is 12.1 Å². The van der Waals surface area contributed by atoms with Gasteiger partial charge in [0.1, 0.15) is 5.75 Å². The van der Waals surface area contributed by atoms with Crippen LogP contribution in [0.25, 0.3) is 0 Å². The molecule has 1 saturated heterocycles. The Kier molecular flexibility index (Phi) is 5.20. The quantitative estimate of drug-likeness (QED) is 0.915. The monoisotopic (exact) mass is 342 g/mol. The fourth-order valence-electron chi connectivity index (χ4n) is 3.55. The molecule has 1 aliphatic heterocycles.